The van der Waals surface area contributed by atoms with Crippen molar-refractivity contribution in [2.45, 2.75) is 45.7 Å². The molecule has 0 unspecified atom stereocenters. The highest BCUT2D eigenvalue weighted by atomic mass is 79.9. The van der Waals surface area contributed by atoms with Crippen LogP contribution in [0.5, 0.6) is 0 Å². The number of benzene rings is 2. The minimum Gasteiger partial charge on any atom is -0.465 e. The van der Waals surface area contributed by atoms with E-state index in [1.807, 2.05) is 24.3 Å². The first kappa shape index (κ1) is 27.0. The molecule has 0 saturated carbocycles. The maximum atomic E-state index is 13.2. The number of methoxy groups -OCH3 is 1. The van der Waals surface area contributed by atoms with Gasteiger partial charge in [0.25, 0.3) is 5.91 Å². The molecule has 8 nitrogen and oxygen atoms in total. The zero-order chi connectivity index (χ0) is 26.5. The van der Waals surface area contributed by atoms with Gasteiger partial charge in [0.2, 0.25) is 5.91 Å². The lowest BCUT2D eigenvalue weighted by molar-refractivity contribution is -0.116. The molecule has 194 valence electrons. The fraction of sp³-hybridized carbons (Fsp3) is 0.333. The summed E-state index contributed by atoms with van der Waals surface area (Å²) < 4.78 is 5.77. The Kier molecular flexibility index (Phi) is 8.73. The van der Waals surface area contributed by atoms with Gasteiger partial charge in [-0.3, -0.25) is 14.5 Å². The van der Waals surface area contributed by atoms with Crippen LogP contribution in [0.25, 0.3) is 0 Å². The lowest BCUT2D eigenvalue weighted by Crippen LogP contribution is -2.35. The Labute approximate surface area is 228 Å². The molecule has 0 spiro atoms. The third-order valence-electron chi connectivity index (χ3n) is 6.21. The SMILES string of the molecule is COC(=O)c1ccc(CCC(=O)Nc2ccc(Br)cc2)c(NC(=O)c2nc3c(s2)CN(C(C)C)CC3)c1. The lowest BCUT2D eigenvalue weighted by atomic mass is 10.0. The van der Waals surface area contributed by atoms with Crippen LogP contribution in [0.1, 0.15) is 56.6 Å². The van der Waals surface area contributed by atoms with Crippen molar-refractivity contribution in [1.82, 2.24) is 9.88 Å². The predicted octanol–water partition coefficient (Wildman–Crippen LogP) is 5.28. The number of fused-ring (bicyclic) bond motifs is 1. The second-order valence-corrected chi connectivity index (χ2v) is 11.1. The number of aryl methyl sites for hydroxylation is 1. The van der Waals surface area contributed by atoms with Crippen molar-refractivity contribution in [3.8, 4) is 0 Å². The second kappa shape index (κ2) is 12.0. The van der Waals surface area contributed by atoms with Crippen molar-refractivity contribution < 1.29 is 19.1 Å². The monoisotopic (exact) mass is 584 g/mol. The van der Waals surface area contributed by atoms with E-state index in [1.54, 1.807) is 18.2 Å². The van der Waals surface area contributed by atoms with E-state index in [0.29, 0.717) is 34.4 Å². The zero-order valence-corrected chi connectivity index (χ0v) is 23.4. The first-order valence-electron chi connectivity index (χ1n) is 12.0. The number of carbonyl (C=O) groups excluding carboxylic acids is 3. The third kappa shape index (κ3) is 6.82. The van der Waals surface area contributed by atoms with Crippen LogP contribution >= 0.6 is 27.3 Å². The Morgan fingerprint density at radius 1 is 1.14 bits per heavy atom. The van der Waals surface area contributed by atoms with E-state index in [2.05, 4.69) is 50.3 Å². The van der Waals surface area contributed by atoms with Crippen LogP contribution in [0, 0.1) is 0 Å². The maximum Gasteiger partial charge on any atom is 0.337 e. The summed E-state index contributed by atoms with van der Waals surface area (Å²) >= 11 is 4.78. The minimum absolute atomic E-state index is 0.154. The van der Waals surface area contributed by atoms with E-state index < -0.39 is 5.97 Å². The highest BCUT2D eigenvalue weighted by molar-refractivity contribution is 9.10. The molecule has 2 heterocycles. The molecule has 0 aliphatic carbocycles. The van der Waals surface area contributed by atoms with Crippen molar-refractivity contribution in [2.75, 3.05) is 24.3 Å². The van der Waals surface area contributed by atoms with Crippen LogP contribution in [0.4, 0.5) is 11.4 Å². The van der Waals surface area contributed by atoms with Gasteiger partial charge in [-0.05, 0) is 62.2 Å². The topological polar surface area (TPSA) is 101 Å². The summed E-state index contributed by atoms with van der Waals surface area (Å²) in [4.78, 5) is 45.9. The van der Waals surface area contributed by atoms with Gasteiger partial charge in [-0.15, -0.1) is 11.3 Å². The molecule has 4 rings (SSSR count). The molecule has 1 aliphatic heterocycles. The third-order valence-corrected chi connectivity index (χ3v) is 7.82. The molecule has 1 aromatic heterocycles. The van der Waals surface area contributed by atoms with Crippen molar-refractivity contribution in [1.29, 1.82) is 0 Å². The number of carbonyl (C=O) groups is 3. The molecular formula is C27H29BrN4O4S. The lowest BCUT2D eigenvalue weighted by Gasteiger charge is -2.29. The molecule has 0 saturated heterocycles. The van der Waals surface area contributed by atoms with E-state index in [4.69, 9.17) is 4.74 Å². The molecule has 10 heteroatoms. The van der Waals surface area contributed by atoms with Gasteiger partial charge in [0, 0.05) is 52.7 Å². The van der Waals surface area contributed by atoms with Gasteiger partial charge in [-0.2, -0.15) is 0 Å². The van der Waals surface area contributed by atoms with E-state index in [-0.39, 0.29) is 18.2 Å². The molecule has 0 atom stereocenters. The molecule has 1 aliphatic rings. The number of ether oxygens (including phenoxy) is 1. The number of anilines is 2. The van der Waals surface area contributed by atoms with Gasteiger partial charge in [0.15, 0.2) is 5.01 Å². The Morgan fingerprint density at radius 2 is 1.89 bits per heavy atom. The molecule has 3 aromatic rings. The van der Waals surface area contributed by atoms with Gasteiger partial charge < -0.3 is 15.4 Å². The summed E-state index contributed by atoms with van der Waals surface area (Å²) in [5.41, 5.74) is 3.18. The molecule has 2 N–H and O–H groups in total. The van der Waals surface area contributed by atoms with Crippen LogP contribution in [0.15, 0.2) is 46.9 Å². The first-order chi connectivity index (χ1) is 17.7. The Hall–Kier alpha value is -3.08. The number of amides is 2. The summed E-state index contributed by atoms with van der Waals surface area (Å²) in [5.74, 6) is -0.995. The molecule has 2 amide bonds. The molecule has 0 fully saturated rings. The fourth-order valence-corrected chi connectivity index (χ4v) is 5.38. The van der Waals surface area contributed by atoms with Crippen molar-refractivity contribution in [3.05, 3.63) is 73.6 Å². The van der Waals surface area contributed by atoms with Crippen molar-refractivity contribution >= 4 is 56.4 Å². The number of nitrogens with zero attached hydrogens (tertiary/aromatic N) is 2. The highest BCUT2D eigenvalue weighted by Crippen LogP contribution is 2.28. The van der Waals surface area contributed by atoms with Crippen LogP contribution in [-0.4, -0.2) is 47.4 Å². The number of hydrogen-bond acceptors (Lipinski definition) is 7. The molecule has 37 heavy (non-hydrogen) atoms. The van der Waals surface area contributed by atoms with Crippen LogP contribution < -0.4 is 10.6 Å². The van der Waals surface area contributed by atoms with Crippen molar-refractivity contribution in [2.24, 2.45) is 0 Å². The number of rotatable bonds is 8. The van der Waals surface area contributed by atoms with E-state index in [9.17, 15) is 14.4 Å². The van der Waals surface area contributed by atoms with Gasteiger partial charge in [-0.25, -0.2) is 9.78 Å². The summed E-state index contributed by atoms with van der Waals surface area (Å²) in [6.07, 6.45) is 1.39. The van der Waals surface area contributed by atoms with Crippen LogP contribution in [-0.2, 0) is 28.9 Å². The normalized spacial score (nSPS) is 13.2. The summed E-state index contributed by atoms with van der Waals surface area (Å²) in [7, 11) is 1.31. The van der Waals surface area contributed by atoms with E-state index in [0.717, 1.165) is 40.1 Å². The smallest absolute Gasteiger partial charge is 0.337 e. The molecule has 0 bridgehead atoms. The number of nitrogens with one attached hydrogen (secondary N) is 2. The zero-order valence-electron chi connectivity index (χ0n) is 21.0. The van der Waals surface area contributed by atoms with E-state index in [1.165, 1.54) is 18.4 Å². The fourth-order valence-electron chi connectivity index (χ4n) is 4.09. The standard InChI is InChI=1S/C27H29BrN4O4S/c1-16(2)32-13-12-21-23(15-32)37-26(31-21)25(34)30-22-14-18(27(35)36-3)5-4-17(22)6-11-24(33)29-20-9-7-19(28)8-10-20/h4-5,7-10,14,16H,6,11-13,15H2,1-3H3,(H,29,33)(H,30,34). The van der Waals surface area contributed by atoms with Gasteiger partial charge >= 0.3 is 5.97 Å². The Morgan fingerprint density at radius 3 is 2.59 bits per heavy atom. The van der Waals surface area contributed by atoms with Gasteiger partial charge in [-0.1, -0.05) is 22.0 Å². The summed E-state index contributed by atoms with van der Waals surface area (Å²) in [6, 6.07) is 12.7. The van der Waals surface area contributed by atoms with Gasteiger partial charge in [0.05, 0.1) is 18.4 Å². The highest BCUT2D eigenvalue weighted by Gasteiger charge is 2.25. The van der Waals surface area contributed by atoms with Gasteiger partial charge in [0.1, 0.15) is 0 Å². The predicted molar refractivity (Wildman–Crippen MR) is 148 cm³/mol. The van der Waals surface area contributed by atoms with E-state index >= 15 is 0 Å². The number of aromatic nitrogens is 1. The number of hydrogen-bond donors (Lipinski definition) is 2. The molecular weight excluding hydrogens is 556 g/mol. The summed E-state index contributed by atoms with van der Waals surface area (Å²) in [5, 5.41) is 6.18. The average Bonchev–Trinajstić information content (AvgIpc) is 3.32. The Balaban J connectivity index is 1.49. The first-order valence-corrected chi connectivity index (χ1v) is 13.6. The maximum absolute atomic E-state index is 13.2. The number of halogens is 1. The Bertz CT molecular complexity index is 1310. The summed E-state index contributed by atoms with van der Waals surface area (Å²) in [6.45, 7) is 6.03. The van der Waals surface area contributed by atoms with Crippen LogP contribution in [0.2, 0.25) is 0 Å². The second-order valence-electron chi connectivity index (χ2n) is 9.08. The van der Waals surface area contributed by atoms with Crippen LogP contribution in [0.3, 0.4) is 0 Å². The average molecular weight is 586 g/mol. The number of thiazole rings is 1. The molecule has 0 radical (unpaired) electrons. The van der Waals surface area contributed by atoms with Crippen molar-refractivity contribution in [3.63, 3.8) is 0 Å². The number of esters is 1. The largest absolute Gasteiger partial charge is 0.465 e. The quantitative estimate of drug-likeness (QED) is 0.349. The minimum atomic E-state index is -0.506. The molecule has 2 aromatic carbocycles.